The van der Waals surface area contributed by atoms with Crippen molar-refractivity contribution in [2.45, 2.75) is 25.7 Å². The molecule has 10 heteroatoms. The van der Waals surface area contributed by atoms with Gasteiger partial charge in [0.15, 0.2) is 5.78 Å². The van der Waals surface area contributed by atoms with E-state index in [-0.39, 0.29) is 47.0 Å². The minimum absolute atomic E-state index is 0.0300. The zero-order chi connectivity index (χ0) is 26.5. The van der Waals surface area contributed by atoms with Crippen LogP contribution in [0.2, 0.25) is 5.02 Å². The Labute approximate surface area is 217 Å². The zero-order valence-corrected chi connectivity index (χ0v) is 20.4. The highest BCUT2D eigenvalue weighted by molar-refractivity contribution is 6.31. The Kier molecular flexibility index (Phi) is 7.74. The van der Waals surface area contributed by atoms with E-state index in [1.165, 1.54) is 24.3 Å². The molecule has 1 aliphatic rings. The highest BCUT2D eigenvalue weighted by Gasteiger charge is 2.40. The number of amides is 3. The fraction of sp³-hybridized carbons (Fsp3) is 0.185. The van der Waals surface area contributed by atoms with Gasteiger partial charge in [-0.15, -0.1) is 0 Å². The molecule has 0 radical (unpaired) electrons. The first kappa shape index (κ1) is 25.7. The minimum Gasteiger partial charge on any atom is -0.325 e. The van der Waals surface area contributed by atoms with Crippen LogP contribution < -0.4 is 5.32 Å². The van der Waals surface area contributed by atoms with Crippen molar-refractivity contribution in [3.8, 4) is 0 Å². The van der Waals surface area contributed by atoms with Gasteiger partial charge in [0.05, 0.1) is 16.2 Å². The lowest BCUT2D eigenvalue weighted by Gasteiger charge is -2.13. The number of hydrogen-bond donors (Lipinski definition) is 1. The summed E-state index contributed by atoms with van der Waals surface area (Å²) in [5, 5.41) is 14.4. The van der Waals surface area contributed by atoms with Gasteiger partial charge in [-0.05, 0) is 37.1 Å². The predicted molar refractivity (Wildman–Crippen MR) is 137 cm³/mol. The maximum Gasteiger partial charge on any atom is 0.282 e. The normalized spacial score (nSPS) is 12.4. The molecule has 0 saturated heterocycles. The highest BCUT2D eigenvalue weighted by atomic mass is 35.5. The largest absolute Gasteiger partial charge is 0.325 e. The predicted octanol–water partition coefficient (Wildman–Crippen LogP) is 5.27. The van der Waals surface area contributed by atoms with Crippen LogP contribution in [-0.4, -0.2) is 39.9 Å². The summed E-state index contributed by atoms with van der Waals surface area (Å²) in [6.45, 7) is 0.0953. The van der Waals surface area contributed by atoms with E-state index in [4.69, 9.17) is 11.6 Å². The van der Waals surface area contributed by atoms with Gasteiger partial charge in [-0.2, -0.15) is 0 Å². The number of fused-ring (bicyclic) bond motifs is 1. The Balaban J connectivity index is 1.30. The standard InChI is InChI=1S/C27H22ClN3O6/c28-18-13-14-21(20(16-18)25(33)17-8-3-1-4-9-17)29-23(32)12-5-2-6-15-30-26(34)19-10-7-11-22(31(36)37)24(19)27(30)35/h1,3-4,7-11,13-14,16H,2,5-6,12,15H2,(H,29,32). The number of carbonyl (C=O) groups is 4. The molecule has 0 saturated carbocycles. The van der Waals surface area contributed by atoms with E-state index in [9.17, 15) is 29.3 Å². The Bertz CT molecular complexity index is 1410. The van der Waals surface area contributed by atoms with Gasteiger partial charge in [0.25, 0.3) is 17.5 Å². The summed E-state index contributed by atoms with van der Waals surface area (Å²) in [4.78, 5) is 62.2. The van der Waals surface area contributed by atoms with Crippen molar-refractivity contribution in [1.82, 2.24) is 4.90 Å². The average Bonchev–Trinajstić information content (AvgIpc) is 3.14. The van der Waals surface area contributed by atoms with Gasteiger partial charge >= 0.3 is 0 Å². The van der Waals surface area contributed by atoms with Gasteiger partial charge in [0.2, 0.25) is 5.91 Å². The third-order valence-electron chi connectivity index (χ3n) is 6.00. The van der Waals surface area contributed by atoms with Crippen LogP contribution in [0.5, 0.6) is 0 Å². The van der Waals surface area contributed by atoms with Gasteiger partial charge in [0, 0.05) is 35.2 Å². The molecule has 37 heavy (non-hydrogen) atoms. The number of halogens is 1. The Morgan fingerprint density at radius 3 is 2.41 bits per heavy atom. The van der Waals surface area contributed by atoms with Crippen LogP contribution in [0.15, 0.2) is 66.7 Å². The molecule has 0 unspecified atom stereocenters. The molecule has 0 fully saturated rings. The Morgan fingerprint density at radius 2 is 1.68 bits per heavy atom. The van der Waals surface area contributed by atoms with Gasteiger partial charge < -0.3 is 5.32 Å². The zero-order valence-electron chi connectivity index (χ0n) is 19.6. The maximum absolute atomic E-state index is 12.9. The van der Waals surface area contributed by atoms with Crippen LogP contribution in [0.25, 0.3) is 0 Å². The van der Waals surface area contributed by atoms with Crippen LogP contribution in [0.1, 0.15) is 62.3 Å². The SMILES string of the molecule is O=C(CCCCCN1C(=O)c2cccc([N+](=O)[O-])c2C1=O)Nc1ccc(Cl)cc1C(=O)c1ccccc1. The Morgan fingerprint density at radius 1 is 0.919 bits per heavy atom. The molecule has 4 rings (SSSR count). The summed E-state index contributed by atoms with van der Waals surface area (Å²) < 4.78 is 0. The lowest BCUT2D eigenvalue weighted by molar-refractivity contribution is -0.385. The van der Waals surface area contributed by atoms with E-state index in [0.29, 0.717) is 35.5 Å². The topological polar surface area (TPSA) is 127 Å². The first-order chi connectivity index (χ1) is 17.8. The molecule has 0 bridgehead atoms. The molecular weight excluding hydrogens is 498 g/mol. The number of unbranched alkanes of at least 4 members (excludes halogenated alkanes) is 2. The first-order valence-electron chi connectivity index (χ1n) is 11.6. The van der Waals surface area contributed by atoms with Crippen LogP contribution >= 0.6 is 11.6 Å². The number of benzene rings is 3. The number of hydrogen-bond acceptors (Lipinski definition) is 6. The van der Waals surface area contributed by atoms with Crippen molar-refractivity contribution in [2.24, 2.45) is 0 Å². The lowest BCUT2D eigenvalue weighted by Crippen LogP contribution is -2.30. The number of ketones is 1. The molecule has 1 heterocycles. The number of rotatable bonds is 10. The third-order valence-corrected chi connectivity index (χ3v) is 6.23. The van der Waals surface area contributed by atoms with Crippen molar-refractivity contribution in [2.75, 3.05) is 11.9 Å². The van der Waals surface area contributed by atoms with E-state index in [1.807, 2.05) is 0 Å². The summed E-state index contributed by atoms with van der Waals surface area (Å²) in [7, 11) is 0. The minimum atomic E-state index is -0.677. The average molecular weight is 520 g/mol. The number of nitrogens with zero attached hydrogens (tertiary/aromatic N) is 2. The molecule has 1 N–H and O–H groups in total. The fourth-order valence-corrected chi connectivity index (χ4v) is 4.35. The molecule has 0 atom stereocenters. The van der Waals surface area contributed by atoms with Crippen molar-refractivity contribution < 1.29 is 24.1 Å². The number of nitro groups is 1. The molecule has 9 nitrogen and oxygen atoms in total. The van der Waals surface area contributed by atoms with Gasteiger partial charge in [-0.25, -0.2) is 0 Å². The van der Waals surface area contributed by atoms with Crippen LogP contribution in [-0.2, 0) is 4.79 Å². The summed E-state index contributed by atoms with van der Waals surface area (Å²) in [5.41, 5.74) is 0.576. The summed E-state index contributed by atoms with van der Waals surface area (Å²) in [6.07, 6.45) is 1.62. The van der Waals surface area contributed by atoms with E-state index < -0.39 is 16.7 Å². The third kappa shape index (κ3) is 5.57. The van der Waals surface area contributed by atoms with E-state index in [0.717, 1.165) is 4.90 Å². The quantitative estimate of drug-likeness (QED) is 0.128. The number of carbonyl (C=O) groups excluding carboxylic acids is 4. The van der Waals surface area contributed by atoms with Crippen molar-refractivity contribution in [3.05, 3.63) is 104 Å². The smallest absolute Gasteiger partial charge is 0.282 e. The molecule has 3 amide bonds. The summed E-state index contributed by atoms with van der Waals surface area (Å²) in [6, 6.07) is 17.3. The second-order valence-corrected chi connectivity index (χ2v) is 8.90. The van der Waals surface area contributed by atoms with E-state index in [2.05, 4.69) is 5.32 Å². The lowest BCUT2D eigenvalue weighted by atomic mass is 10.0. The van der Waals surface area contributed by atoms with Gasteiger partial charge in [-0.1, -0.05) is 54.4 Å². The van der Waals surface area contributed by atoms with Crippen LogP contribution in [0.4, 0.5) is 11.4 Å². The second-order valence-electron chi connectivity index (χ2n) is 8.46. The van der Waals surface area contributed by atoms with Gasteiger partial charge in [-0.3, -0.25) is 34.2 Å². The monoisotopic (exact) mass is 519 g/mol. The first-order valence-corrected chi connectivity index (χ1v) is 12.0. The molecule has 3 aromatic rings. The number of anilines is 1. The molecular formula is C27H22ClN3O6. The maximum atomic E-state index is 12.9. The van der Waals surface area contributed by atoms with Crippen LogP contribution in [0, 0.1) is 10.1 Å². The second kappa shape index (κ2) is 11.1. The van der Waals surface area contributed by atoms with Crippen molar-refractivity contribution >= 4 is 46.5 Å². The molecule has 0 aliphatic carbocycles. The molecule has 3 aromatic carbocycles. The fourth-order valence-electron chi connectivity index (χ4n) is 4.17. The van der Waals surface area contributed by atoms with E-state index >= 15 is 0 Å². The molecule has 188 valence electrons. The highest BCUT2D eigenvalue weighted by Crippen LogP contribution is 2.31. The summed E-state index contributed by atoms with van der Waals surface area (Å²) >= 11 is 6.08. The van der Waals surface area contributed by atoms with Crippen molar-refractivity contribution in [3.63, 3.8) is 0 Å². The number of imide groups is 1. The van der Waals surface area contributed by atoms with E-state index in [1.54, 1.807) is 42.5 Å². The number of nitrogens with one attached hydrogen (secondary N) is 1. The molecule has 0 aromatic heterocycles. The molecule has 0 spiro atoms. The number of nitro benzene ring substituents is 1. The molecule has 1 aliphatic heterocycles. The van der Waals surface area contributed by atoms with Crippen LogP contribution in [0.3, 0.4) is 0 Å². The summed E-state index contributed by atoms with van der Waals surface area (Å²) in [5.74, 6) is -1.79. The van der Waals surface area contributed by atoms with Crippen molar-refractivity contribution in [1.29, 1.82) is 0 Å². The van der Waals surface area contributed by atoms with Gasteiger partial charge in [0.1, 0.15) is 5.56 Å². The Hall–Kier alpha value is -4.37.